The zero-order valence-corrected chi connectivity index (χ0v) is 24.6. The molecule has 0 radical (unpaired) electrons. The van der Waals surface area contributed by atoms with Crippen molar-refractivity contribution >= 4 is 0 Å². The second-order valence-corrected chi connectivity index (χ2v) is 10.9. The van der Waals surface area contributed by atoms with Crippen LogP contribution in [0, 0.1) is 0 Å². The first-order valence-electron chi connectivity index (χ1n) is 15.8. The van der Waals surface area contributed by atoms with Gasteiger partial charge in [-0.1, -0.05) is 124 Å². The first kappa shape index (κ1) is 32.6. The molecule has 0 heterocycles. The van der Waals surface area contributed by atoms with Gasteiger partial charge in [0.15, 0.2) is 11.5 Å². The Labute approximate surface area is 224 Å². The number of hydrogen-bond acceptors (Lipinski definition) is 3. The zero-order valence-electron chi connectivity index (χ0n) is 24.6. The van der Waals surface area contributed by atoms with E-state index in [1.807, 2.05) is 0 Å². The summed E-state index contributed by atoms with van der Waals surface area (Å²) in [6.07, 6.45) is 25.7. The number of phenols is 2. The van der Waals surface area contributed by atoms with Crippen LogP contribution in [0.3, 0.4) is 0 Å². The summed E-state index contributed by atoms with van der Waals surface area (Å²) >= 11 is 0. The number of benzene rings is 1. The molecular formula is C33H60O3. The molecule has 210 valence electrons. The Morgan fingerprint density at radius 2 is 0.806 bits per heavy atom. The van der Waals surface area contributed by atoms with Crippen molar-refractivity contribution in [3.05, 3.63) is 16.7 Å². The van der Waals surface area contributed by atoms with Crippen molar-refractivity contribution in [1.82, 2.24) is 0 Å². The van der Waals surface area contributed by atoms with E-state index in [9.17, 15) is 10.2 Å². The summed E-state index contributed by atoms with van der Waals surface area (Å²) in [5.41, 5.74) is 3.48. The summed E-state index contributed by atoms with van der Waals surface area (Å²) in [6, 6.07) is 0. The Hall–Kier alpha value is -1.38. The molecule has 2 N–H and O–H groups in total. The fraction of sp³-hybridized carbons (Fsp3) is 0.818. The SMILES string of the molecule is CCCCCCCc1c(O)c(O)c(OCCCCCC)c(CCCCCCC)c1CCCCCCC. The smallest absolute Gasteiger partial charge is 0.201 e. The van der Waals surface area contributed by atoms with E-state index in [-0.39, 0.29) is 11.5 Å². The van der Waals surface area contributed by atoms with E-state index in [2.05, 4.69) is 27.7 Å². The first-order chi connectivity index (χ1) is 17.6. The second-order valence-electron chi connectivity index (χ2n) is 10.9. The highest BCUT2D eigenvalue weighted by Gasteiger charge is 2.24. The van der Waals surface area contributed by atoms with Gasteiger partial charge in [-0.15, -0.1) is 0 Å². The quantitative estimate of drug-likeness (QED) is 0.109. The molecule has 0 amide bonds. The van der Waals surface area contributed by atoms with Crippen LogP contribution in [0.1, 0.15) is 166 Å². The van der Waals surface area contributed by atoms with E-state index in [4.69, 9.17) is 4.74 Å². The van der Waals surface area contributed by atoms with Crippen LogP contribution in [-0.2, 0) is 19.3 Å². The van der Waals surface area contributed by atoms with Crippen LogP contribution in [-0.4, -0.2) is 16.8 Å². The van der Waals surface area contributed by atoms with Gasteiger partial charge >= 0.3 is 0 Å². The van der Waals surface area contributed by atoms with Gasteiger partial charge in [-0.05, 0) is 50.5 Å². The van der Waals surface area contributed by atoms with Crippen LogP contribution in [0.5, 0.6) is 17.2 Å². The minimum atomic E-state index is -0.00709. The molecule has 0 saturated carbocycles. The minimum Gasteiger partial charge on any atom is -0.504 e. The molecule has 0 spiro atoms. The molecule has 1 rings (SSSR count). The van der Waals surface area contributed by atoms with E-state index in [1.165, 1.54) is 101 Å². The number of aromatic hydroxyl groups is 2. The largest absolute Gasteiger partial charge is 0.504 e. The molecule has 3 nitrogen and oxygen atoms in total. The molecule has 36 heavy (non-hydrogen) atoms. The van der Waals surface area contributed by atoms with Crippen molar-refractivity contribution in [3.63, 3.8) is 0 Å². The standard InChI is InChI=1S/C33H60O3/c1-5-9-13-17-20-24-28-29(25-21-18-14-10-6-2)31(34)32(35)33(36-27-23-16-12-8-4)30(28)26-22-19-15-11-7-3/h34-35H,5-27H2,1-4H3. The van der Waals surface area contributed by atoms with E-state index in [0.717, 1.165) is 56.9 Å². The number of unbranched alkanes of at least 4 members (excludes halogenated alkanes) is 15. The summed E-state index contributed by atoms with van der Waals surface area (Å²) in [5, 5.41) is 22.3. The number of ether oxygens (including phenoxy) is 1. The van der Waals surface area contributed by atoms with Crippen LogP contribution in [0.15, 0.2) is 0 Å². The van der Waals surface area contributed by atoms with Gasteiger partial charge in [-0.3, -0.25) is 0 Å². The zero-order chi connectivity index (χ0) is 26.4. The predicted molar refractivity (Wildman–Crippen MR) is 157 cm³/mol. The maximum Gasteiger partial charge on any atom is 0.201 e. The lowest BCUT2D eigenvalue weighted by atomic mass is 9.88. The molecular weight excluding hydrogens is 444 g/mol. The van der Waals surface area contributed by atoms with Crippen molar-refractivity contribution in [2.75, 3.05) is 6.61 Å². The minimum absolute atomic E-state index is 0.00709. The number of phenolic OH excluding ortho intramolecular Hbond substituents is 2. The molecule has 3 heteroatoms. The normalized spacial score (nSPS) is 11.3. The van der Waals surface area contributed by atoms with Gasteiger partial charge in [0, 0.05) is 11.1 Å². The van der Waals surface area contributed by atoms with Crippen molar-refractivity contribution in [2.24, 2.45) is 0 Å². The molecule has 0 bridgehead atoms. The van der Waals surface area contributed by atoms with Crippen molar-refractivity contribution in [3.8, 4) is 17.2 Å². The summed E-state index contributed by atoms with van der Waals surface area (Å²) in [7, 11) is 0. The van der Waals surface area contributed by atoms with Gasteiger partial charge in [-0.25, -0.2) is 0 Å². The summed E-state index contributed by atoms with van der Waals surface area (Å²) < 4.78 is 6.26. The monoisotopic (exact) mass is 504 g/mol. The lowest BCUT2D eigenvalue weighted by molar-refractivity contribution is 0.279. The molecule has 0 saturated heterocycles. The lowest BCUT2D eigenvalue weighted by Gasteiger charge is -2.23. The van der Waals surface area contributed by atoms with Crippen LogP contribution in [0.4, 0.5) is 0 Å². The lowest BCUT2D eigenvalue weighted by Crippen LogP contribution is -2.08. The van der Waals surface area contributed by atoms with E-state index < -0.39 is 0 Å². The van der Waals surface area contributed by atoms with Crippen LogP contribution >= 0.6 is 0 Å². The molecule has 0 fully saturated rings. The van der Waals surface area contributed by atoms with Crippen LogP contribution < -0.4 is 4.74 Å². The van der Waals surface area contributed by atoms with Gasteiger partial charge < -0.3 is 14.9 Å². The predicted octanol–water partition coefficient (Wildman–Crippen LogP) is 10.6. The highest BCUT2D eigenvalue weighted by atomic mass is 16.5. The molecule has 0 aromatic heterocycles. The third-order valence-corrected chi connectivity index (χ3v) is 7.56. The molecule has 1 aromatic rings. The Morgan fingerprint density at radius 1 is 0.417 bits per heavy atom. The van der Waals surface area contributed by atoms with Gasteiger partial charge in [0.1, 0.15) is 0 Å². The third-order valence-electron chi connectivity index (χ3n) is 7.56. The Bertz CT molecular complexity index is 611. The van der Waals surface area contributed by atoms with Crippen molar-refractivity contribution in [1.29, 1.82) is 0 Å². The summed E-state index contributed by atoms with van der Waals surface area (Å²) in [5.74, 6) is 0.664. The van der Waals surface area contributed by atoms with Gasteiger partial charge in [0.2, 0.25) is 5.75 Å². The molecule has 0 aliphatic rings. The maximum absolute atomic E-state index is 11.2. The summed E-state index contributed by atoms with van der Waals surface area (Å²) in [6.45, 7) is 9.59. The fourth-order valence-corrected chi connectivity index (χ4v) is 5.27. The highest BCUT2D eigenvalue weighted by Crippen LogP contribution is 2.46. The third kappa shape index (κ3) is 12.7. The summed E-state index contributed by atoms with van der Waals surface area (Å²) in [4.78, 5) is 0. The molecule has 0 unspecified atom stereocenters. The van der Waals surface area contributed by atoms with Crippen LogP contribution in [0.25, 0.3) is 0 Å². The average molecular weight is 505 g/mol. The topological polar surface area (TPSA) is 49.7 Å². The van der Waals surface area contributed by atoms with E-state index in [1.54, 1.807) is 0 Å². The Morgan fingerprint density at radius 3 is 1.28 bits per heavy atom. The number of rotatable bonds is 24. The maximum atomic E-state index is 11.2. The van der Waals surface area contributed by atoms with E-state index in [0.29, 0.717) is 12.4 Å². The first-order valence-corrected chi connectivity index (χ1v) is 15.8. The Kier molecular flexibility index (Phi) is 19.7. The number of hydrogen-bond donors (Lipinski definition) is 2. The van der Waals surface area contributed by atoms with Gasteiger partial charge in [-0.2, -0.15) is 0 Å². The highest BCUT2D eigenvalue weighted by molar-refractivity contribution is 5.62. The second kappa shape index (κ2) is 21.7. The molecule has 0 aliphatic heterocycles. The van der Waals surface area contributed by atoms with E-state index >= 15 is 0 Å². The fourth-order valence-electron chi connectivity index (χ4n) is 5.27. The van der Waals surface area contributed by atoms with Crippen LogP contribution in [0.2, 0.25) is 0 Å². The average Bonchev–Trinajstić information content (AvgIpc) is 2.88. The van der Waals surface area contributed by atoms with Gasteiger partial charge in [0.05, 0.1) is 6.61 Å². The molecule has 0 atom stereocenters. The van der Waals surface area contributed by atoms with Crippen molar-refractivity contribution < 1.29 is 14.9 Å². The molecule has 0 aliphatic carbocycles. The Balaban J connectivity index is 3.20. The van der Waals surface area contributed by atoms with Gasteiger partial charge in [0.25, 0.3) is 0 Å². The molecule has 1 aromatic carbocycles. The van der Waals surface area contributed by atoms with Crippen molar-refractivity contribution in [2.45, 2.75) is 169 Å².